The van der Waals surface area contributed by atoms with Crippen molar-refractivity contribution in [2.24, 2.45) is 5.92 Å². The normalized spacial score (nSPS) is 18.8. The van der Waals surface area contributed by atoms with Crippen molar-refractivity contribution in [1.82, 2.24) is 14.1 Å². The van der Waals surface area contributed by atoms with Crippen LogP contribution in [0.5, 0.6) is 0 Å². The molecule has 27 heavy (non-hydrogen) atoms. The van der Waals surface area contributed by atoms with E-state index < -0.39 is 15.9 Å². The second kappa shape index (κ2) is 7.90. The highest BCUT2D eigenvalue weighted by Gasteiger charge is 2.34. The van der Waals surface area contributed by atoms with Crippen molar-refractivity contribution >= 4 is 44.7 Å². The predicted octanol–water partition coefficient (Wildman–Crippen LogP) is 3.53. The molecule has 3 rings (SSSR count). The van der Waals surface area contributed by atoms with Crippen LogP contribution in [-0.2, 0) is 14.8 Å². The molecule has 2 aromatic heterocycles. The third-order valence-corrected chi connectivity index (χ3v) is 8.06. The number of rotatable bonds is 5. The number of nitrogens with one attached hydrogen (secondary N) is 1. The fraction of sp³-hybridized carbons (Fsp3) is 0.529. The van der Waals surface area contributed by atoms with Crippen molar-refractivity contribution < 1.29 is 13.2 Å². The summed E-state index contributed by atoms with van der Waals surface area (Å²) in [6.07, 6.45) is 1.29. The fourth-order valence-corrected chi connectivity index (χ4v) is 6.33. The highest BCUT2D eigenvalue weighted by atomic mass is 35.5. The number of nitrogens with zero attached hydrogens (tertiary/aromatic N) is 3. The fourth-order valence-electron chi connectivity index (χ4n) is 3.17. The molecule has 1 fully saturated rings. The Hall–Kier alpha value is -1.42. The molecule has 148 valence electrons. The van der Waals surface area contributed by atoms with Crippen LogP contribution < -0.4 is 5.32 Å². The lowest BCUT2D eigenvalue weighted by molar-refractivity contribution is -0.120. The predicted molar refractivity (Wildman–Crippen MR) is 107 cm³/mol. The second-order valence-electron chi connectivity index (χ2n) is 6.96. The van der Waals surface area contributed by atoms with Crippen LogP contribution >= 0.6 is 22.9 Å². The molecular weight excluding hydrogens is 408 g/mol. The molecule has 0 spiro atoms. The van der Waals surface area contributed by atoms with E-state index in [1.54, 1.807) is 10.7 Å². The molecule has 1 N–H and O–H groups in total. The summed E-state index contributed by atoms with van der Waals surface area (Å²) < 4.78 is 29.4. The first kappa shape index (κ1) is 20.3. The Morgan fingerprint density at radius 1 is 1.41 bits per heavy atom. The third kappa shape index (κ3) is 4.37. The molecule has 0 radical (unpaired) electrons. The maximum absolute atomic E-state index is 12.8. The Labute approximate surface area is 168 Å². The molecule has 1 atom stereocenters. The molecule has 1 amide bonds. The summed E-state index contributed by atoms with van der Waals surface area (Å²) in [6, 6.07) is 5.02. The SMILES string of the molecule is Cc1cc(NC(=O)[C@H]2CCCN(S(=O)(=O)c3ccc(Cl)s3)C2)n(C(C)C)n1. The average Bonchev–Trinajstić information content (AvgIpc) is 3.21. The van der Waals surface area contributed by atoms with Crippen LogP contribution in [0.3, 0.4) is 0 Å². The molecule has 0 saturated carbocycles. The number of hydrogen-bond donors (Lipinski definition) is 1. The monoisotopic (exact) mass is 430 g/mol. The van der Waals surface area contributed by atoms with E-state index in [2.05, 4.69) is 10.4 Å². The van der Waals surface area contributed by atoms with Crippen LogP contribution in [0.25, 0.3) is 0 Å². The van der Waals surface area contributed by atoms with E-state index >= 15 is 0 Å². The molecule has 10 heteroatoms. The number of piperidine rings is 1. The standard InChI is InChI=1S/C17H23ClN4O3S2/c1-11(2)22-15(9-12(3)20-22)19-17(23)13-5-4-8-21(10-13)27(24,25)16-7-6-14(18)26-16/h6-7,9,11,13H,4-5,8,10H2,1-3H3,(H,19,23)/t13-/m0/s1. The van der Waals surface area contributed by atoms with Gasteiger partial charge in [-0.2, -0.15) is 9.40 Å². The van der Waals surface area contributed by atoms with Crippen molar-refractivity contribution in [3.05, 3.63) is 28.2 Å². The first-order valence-electron chi connectivity index (χ1n) is 8.81. The van der Waals surface area contributed by atoms with E-state index in [9.17, 15) is 13.2 Å². The van der Waals surface area contributed by atoms with Gasteiger partial charge in [0.05, 0.1) is 15.9 Å². The van der Waals surface area contributed by atoms with Gasteiger partial charge in [-0.15, -0.1) is 11.3 Å². The van der Waals surface area contributed by atoms with Gasteiger partial charge in [-0.05, 0) is 45.7 Å². The van der Waals surface area contributed by atoms with E-state index in [0.717, 1.165) is 17.0 Å². The van der Waals surface area contributed by atoms with Gasteiger partial charge in [-0.1, -0.05) is 11.6 Å². The lowest BCUT2D eigenvalue weighted by atomic mass is 9.99. The second-order valence-corrected chi connectivity index (χ2v) is 10.8. The summed E-state index contributed by atoms with van der Waals surface area (Å²) in [5.74, 6) is 0.0539. The van der Waals surface area contributed by atoms with Gasteiger partial charge in [0.2, 0.25) is 5.91 Å². The highest BCUT2D eigenvalue weighted by Crippen LogP contribution is 2.31. The number of thiophene rings is 1. The van der Waals surface area contributed by atoms with Gasteiger partial charge in [-0.25, -0.2) is 13.1 Å². The molecule has 1 saturated heterocycles. The molecule has 1 aliphatic heterocycles. The zero-order valence-electron chi connectivity index (χ0n) is 15.5. The van der Waals surface area contributed by atoms with Gasteiger partial charge in [0.1, 0.15) is 10.0 Å². The van der Waals surface area contributed by atoms with Crippen LogP contribution in [0.4, 0.5) is 5.82 Å². The van der Waals surface area contributed by atoms with Gasteiger partial charge in [0.25, 0.3) is 10.0 Å². The molecule has 0 aliphatic carbocycles. The molecule has 1 aliphatic rings. The summed E-state index contributed by atoms with van der Waals surface area (Å²) in [6.45, 7) is 6.42. The van der Waals surface area contributed by atoms with Gasteiger partial charge in [0.15, 0.2) is 0 Å². The zero-order chi connectivity index (χ0) is 19.8. The van der Waals surface area contributed by atoms with Crippen molar-refractivity contribution in [2.75, 3.05) is 18.4 Å². The van der Waals surface area contributed by atoms with Crippen molar-refractivity contribution in [3.8, 4) is 0 Å². The van der Waals surface area contributed by atoms with Crippen LogP contribution in [-0.4, -0.2) is 41.5 Å². The Morgan fingerprint density at radius 3 is 2.78 bits per heavy atom. The molecule has 2 aromatic rings. The minimum atomic E-state index is -3.63. The summed E-state index contributed by atoms with van der Waals surface area (Å²) >= 11 is 6.91. The van der Waals surface area contributed by atoms with Crippen LogP contribution in [0, 0.1) is 12.8 Å². The van der Waals surface area contributed by atoms with Crippen molar-refractivity contribution in [2.45, 2.75) is 43.9 Å². The number of anilines is 1. The first-order chi connectivity index (χ1) is 12.7. The number of halogens is 1. The summed E-state index contributed by atoms with van der Waals surface area (Å²) in [4.78, 5) is 12.8. The smallest absolute Gasteiger partial charge is 0.252 e. The minimum absolute atomic E-state index is 0.112. The number of sulfonamides is 1. The molecule has 3 heterocycles. The zero-order valence-corrected chi connectivity index (χ0v) is 17.9. The van der Waals surface area contributed by atoms with E-state index in [1.165, 1.54) is 10.4 Å². The molecule has 0 bridgehead atoms. The quantitative estimate of drug-likeness (QED) is 0.786. The number of hydrogen-bond acceptors (Lipinski definition) is 5. The summed E-state index contributed by atoms with van der Waals surface area (Å²) in [7, 11) is -3.63. The van der Waals surface area contributed by atoms with E-state index in [1.807, 2.05) is 26.8 Å². The molecule has 0 unspecified atom stereocenters. The highest BCUT2D eigenvalue weighted by molar-refractivity contribution is 7.91. The Balaban J connectivity index is 1.73. The van der Waals surface area contributed by atoms with Crippen LogP contribution in [0.1, 0.15) is 38.4 Å². The maximum atomic E-state index is 12.8. The Bertz CT molecular complexity index is 936. The number of aryl methyl sites for hydroxylation is 1. The first-order valence-corrected chi connectivity index (χ1v) is 11.4. The van der Waals surface area contributed by atoms with Gasteiger partial charge >= 0.3 is 0 Å². The number of aromatic nitrogens is 2. The van der Waals surface area contributed by atoms with Crippen molar-refractivity contribution in [1.29, 1.82) is 0 Å². The molecule has 0 aromatic carbocycles. The van der Waals surface area contributed by atoms with Gasteiger partial charge in [0, 0.05) is 25.2 Å². The van der Waals surface area contributed by atoms with E-state index in [-0.39, 0.29) is 22.7 Å². The number of carbonyl (C=O) groups is 1. The van der Waals surface area contributed by atoms with Gasteiger partial charge < -0.3 is 5.32 Å². The average molecular weight is 431 g/mol. The van der Waals surface area contributed by atoms with Gasteiger partial charge in [-0.3, -0.25) is 4.79 Å². The van der Waals surface area contributed by atoms with Crippen molar-refractivity contribution in [3.63, 3.8) is 0 Å². The lowest BCUT2D eigenvalue weighted by Crippen LogP contribution is -2.43. The Kier molecular flexibility index (Phi) is 5.95. The summed E-state index contributed by atoms with van der Waals surface area (Å²) in [5.41, 5.74) is 0.821. The summed E-state index contributed by atoms with van der Waals surface area (Å²) in [5, 5.41) is 7.31. The molecule has 7 nitrogen and oxygen atoms in total. The number of amides is 1. The number of carbonyl (C=O) groups excluding carboxylic acids is 1. The largest absolute Gasteiger partial charge is 0.311 e. The van der Waals surface area contributed by atoms with Crippen LogP contribution in [0.15, 0.2) is 22.4 Å². The van der Waals surface area contributed by atoms with Crippen LogP contribution in [0.2, 0.25) is 4.34 Å². The molecular formula is C17H23ClN4O3S2. The third-order valence-electron chi connectivity index (χ3n) is 4.50. The minimum Gasteiger partial charge on any atom is -0.311 e. The lowest BCUT2D eigenvalue weighted by Gasteiger charge is -2.30. The van der Waals surface area contributed by atoms with E-state index in [4.69, 9.17) is 11.6 Å². The topological polar surface area (TPSA) is 84.3 Å². The van der Waals surface area contributed by atoms with E-state index in [0.29, 0.717) is 29.5 Å². The Morgan fingerprint density at radius 2 is 2.15 bits per heavy atom. The maximum Gasteiger partial charge on any atom is 0.252 e.